The molecule has 3 aromatic carbocycles. The first-order valence-corrected chi connectivity index (χ1v) is 8.28. The van der Waals surface area contributed by atoms with Gasteiger partial charge in [-0.1, -0.05) is 42.5 Å². The predicted molar refractivity (Wildman–Crippen MR) is 102 cm³/mol. The first-order valence-electron chi connectivity index (χ1n) is 8.28. The average Bonchev–Trinajstić information content (AvgIpc) is 3.02. The van der Waals surface area contributed by atoms with Crippen molar-refractivity contribution in [1.82, 2.24) is 0 Å². The number of carbonyl (C=O) groups is 1. The van der Waals surface area contributed by atoms with Gasteiger partial charge in [-0.3, -0.25) is 10.1 Å². The van der Waals surface area contributed by atoms with Crippen molar-refractivity contribution in [2.75, 3.05) is 0 Å². The molecule has 0 saturated carbocycles. The Balaban J connectivity index is 1.71. The maximum absolute atomic E-state index is 12.2. The van der Waals surface area contributed by atoms with Gasteiger partial charge in [0, 0.05) is 17.2 Å². The number of fused-ring (bicyclic) bond motifs is 1. The van der Waals surface area contributed by atoms with E-state index in [1.165, 1.54) is 6.07 Å². The van der Waals surface area contributed by atoms with Crippen molar-refractivity contribution in [2.45, 2.75) is 6.92 Å². The molecule has 3 aromatic rings. The van der Waals surface area contributed by atoms with Gasteiger partial charge >= 0.3 is 5.97 Å². The largest absolute Gasteiger partial charge is 0.402 e. The molecule has 0 radical (unpaired) electrons. The van der Waals surface area contributed by atoms with E-state index in [-0.39, 0.29) is 17.3 Å². The third-order valence-electron chi connectivity index (χ3n) is 4.35. The van der Waals surface area contributed by atoms with E-state index in [2.05, 4.69) is 4.99 Å². The summed E-state index contributed by atoms with van der Waals surface area (Å²) in [5, 5.41) is 13.3. The smallest absolute Gasteiger partial charge is 0.363 e. The van der Waals surface area contributed by atoms with Crippen LogP contribution in [0.1, 0.15) is 16.7 Å². The lowest BCUT2D eigenvalue weighted by Crippen LogP contribution is -2.06. The van der Waals surface area contributed by atoms with Gasteiger partial charge in [0.2, 0.25) is 5.90 Å². The average molecular weight is 358 g/mol. The molecule has 0 unspecified atom stereocenters. The molecular weight excluding hydrogens is 344 g/mol. The number of ether oxygens (including phenoxy) is 1. The molecule has 4 rings (SSSR count). The number of hydrogen-bond donors (Lipinski definition) is 0. The SMILES string of the molecule is Cc1ccc(C2=N/C(=C\c3ccc4ccccc4c3)C(=O)O2)cc1[N+](=O)[O-]. The van der Waals surface area contributed by atoms with E-state index < -0.39 is 10.9 Å². The van der Waals surface area contributed by atoms with Gasteiger partial charge in [-0.2, -0.15) is 0 Å². The summed E-state index contributed by atoms with van der Waals surface area (Å²) in [5.41, 5.74) is 1.85. The highest BCUT2D eigenvalue weighted by Gasteiger charge is 2.25. The Morgan fingerprint density at radius 2 is 1.81 bits per heavy atom. The summed E-state index contributed by atoms with van der Waals surface area (Å²) in [7, 11) is 0. The molecular formula is C21H14N2O4. The lowest BCUT2D eigenvalue weighted by molar-refractivity contribution is -0.385. The van der Waals surface area contributed by atoms with E-state index >= 15 is 0 Å². The van der Waals surface area contributed by atoms with Crippen molar-refractivity contribution in [3.8, 4) is 0 Å². The Labute approximate surface area is 154 Å². The minimum absolute atomic E-state index is 0.0433. The molecule has 1 aliphatic heterocycles. The van der Waals surface area contributed by atoms with Gasteiger partial charge in [0.05, 0.1) is 4.92 Å². The zero-order valence-corrected chi connectivity index (χ0v) is 14.4. The zero-order chi connectivity index (χ0) is 19.0. The number of carbonyl (C=O) groups excluding carboxylic acids is 1. The summed E-state index contributed by atoms with van der Waals surface area (Å²) in [5.74, 6) is -0.517. The molecule has 1 aliphatic rings. The van der Waals surface area contributed by atoms with Crippen LogP contribution >= 0.6 is 0 Å². The van der Waals surface area contributed by atoms with E-state index in [0.29, 0.717) is 11.1 Å². The monoisotopic (exact) mass is 358 g/mol. The van der Waals surface area contributed by atoms with Crippen molar-refractivity contribution >= 4 is 34.4 Å². The van der Waals surface area contributed by atoms with Gasteiger partial charge in [0.1, 0.15) is 0 Å². The molecule has 0 aromatic heterocycles. The van der Waals surface area contributed by atoms with Crippen LogP contribution < -0.4 is 0 Å². The van der Waals surface area contributed by atoms with Crippen LogP contribution in [0.2, 0.25) is 0 Å². The third-order valence-corrected chi connectivity index (χ3v) is 4.35. The van der Waals surface area contributed by atoms with Crippen molar-refractivity contribution in [3.63, 3.8) is 0 Å². The number of rotatable bonds is 3. The first kappa shape index (κ1) is 16.7. The van der Waals surface area contributed by atoms with Gasteiger partial charge in [0.15, 0.2) is 5.70 Å². The number of nitro benzene ring substituents is 1. The number of benzene rings is 3. The molecule has 132 valence electrons. The van der Waals surface area contributed by atoms with E-state index in [0.717, 1.165) is 16.3 Å². The molecule has 6 heteroatoms. The van der Waals surface area contributed by atoms with E-state index in [4.69, 9.17) is 4.74 Å². The number of hydrogen-bond acceptors (Lipinski definition) is 5. The quantitative estimate of drug-likeness (QED) is 0.301. The van der Waals surface area contributed by atoms with Gasteiger partial charge < -0.3 is 4.74 Å². The molecule has 27 heavy (non-hydrogen) atoms. The predicted octanol–water partition coefficient (Wildman–Crippen LogP) is 4.40. The maximum atomic E-state index is 12.2. The Hall–Kier alpha value is -3.80. The van der Waals surface area contributed by atoms with Crippen molar-refractivity contribution < 1.29 is 14.5 Å². The molecule has 0 aliphatic carbocycles. The van der Waals surface area contributed by atoms with Crippen LogP contribution in [0.15, 0.2) is 71.4 Å². The normalized spacial score (nSPS) is 15.1. The summed E-state index contributed by atoms with van der Waals surface area (Å²) in [6.07, 6.45) is 1.64. The fourth-order valence-corrected chi connectivity index (χ4v) is 2.93. The van der Waals surface area contributed by atoms with Crippen LogP contribution in [0.3, 0.4) is 0 Å². The molecule has 0 N–H and O–H groups in total. The Morgan fingerprint density at radius 1 is 1.04 bits per heavy atom. The second kappa shape index (κ2) is 6.49. The number of cyclic esters (lactones) is 1. The van der Waals surface area contributed by atoms with Crippen LogP contribution in [0, 0.1) is 17.0 Å². The standard InChI is InChI=1S/C21H14N2O4/c1-13-6-8-17(12-19(13)23(25)26)20-22-18(21(24)27-20)11-14-7-9-15-4-2-3-5-16(15)10-14/h2-12H,1H3/b18-11-. The summed E-state index contributed by atoms with van der Waals surface area (Å²) in [4.78, 5) is 27.0. The topological polar surface area (TPSA) is 81.8 Å². The summed E-state index contributed by atoms with van der Waals surface area (Å²) in [6.45, 7) is 1.65. The van der Waals surface area contributed by atoms with Crippen molar-refractivity contribution in [2.24, 2.45) is 4.99 Å². The molecule has 0 saturated heterocycles. The van der Waals surface area contributed by atoms with Crippen LogP contribution in [0.25, 0.3) is 16.8 Å². The van der Waals surface area contributed by atoms with Gasteiger partial charge in [0.25, 0.3) is 5.69 Å². The number of aryl methyl sites for hydroxylation is 1. The minimum Gasteiger partial charge on any atom is -0.402 e. The minimum atomic E-state index is -0.582. The van der Waals surface area contributed by atoms with E-state index in [1.54, 1.807) is 25.1 Å². The summed E-state index contributed by atoms with van der Waals surface area (Å²) >= 11 is 0. The number of nitro groups is 1. The third kappa shape index (κ3) is 3.20. The molecule has 0 bridgehead atoms. The van der Waals surface area contributed by atoms with E-state index in [1.807, 2.05) is 42.5 Å². The maximum Gasteiger partial charge on any atom is 0.363 e. The fraction of sp³-hybridized carbons (Fsp3) is 0.0476. The highest BCUT2D eigenvalue weighted by Crippen LogP contribution is 2.25. The van der Waals surface area contributed by atoms with E-state index in [9.17, 15) is 14.9 Å². The number of aliphatic imine (C=N–C) groups is 1. The second-order valence-corrected chi connectivity index (χ2v) is 6.20. The van der Waals surface area contributed by atoms with Gasteiger partial charge in [-0.25, -0.2) is 9.79 Å². The lowest BCUT2D eigenvalue weighted by Gasteiger charge is -2.01. The van der Waals surface area contributed by atoms with Crippen LogP contribution in [-0.4, -0.2) is 16.8 Å². The summed E-state index contributed by atoms with van der Waals surface area (Å²) in [6, 6.07) is 18.3. The highest BCUT2D eigenvalue weighted by atomic mass is 16.6. The first-order chi connectivity index (χ1) is 13.0. The Morgan fingerprint density at radius 3 is 2.59 bits per heavy atom. The van der Waals surface area contributed by atoms with Crippen LogP contribution in [0.5, 0.6) is 0 Å². The second-order valence-electron chi connectivity index (χ2n) is 6.20. The van der Waals surface area contributed by atoms with Crippen LogP contribution in [-0.2, 0) is 9.53 Å². The Bertz CT molecular complexity index is 1160. The number of nitrogens with zero attached hydrogens (tertiary/aromatic N) is 2. The highest BCUT2D eigenvalue weighted by molar-refractivity contribution is 6.13. The molecule has 6 nitrogen and oxygen atoms in total. The Kier molecular flexibility index (Phi) is 4.01. The van der Waals surface area contributed by atoms with Crippen molar-refractivity contribution in [1.29, 1.82) is 0 Å². The fourth-order valence-electron chi connectivity index (χ4n) is 2.93. The lowest BCUT2D eigenvalue weighted by atomic mass is 10.1. The van der Waals surface area contributed by atoms with Gasteiger partial charge in [-0.05, 0) is 41.5 Å². The number of esters is 1. The van der Waals surface area contributed by atoms with Gasteiger partial charge in [-0.15, -0.1) is 0 Å². The molecule has 0 amide bonds. The molecule has 0 spiro atoms. The molecule has 1 heterocycles. The molecule has 0 atom stereocenters. The molecule has 0 fully saturated rings. The zero-order valence-electron chi connectivity index (χ0n) is 14.4. The van der Waals surface area contributed by atoms with Crippen molar-refractivity contribution in [3.05, 3.63) is 93.2 Å². The van der Waals surface area contributed by atoms with Crippen LogP contribution in [0.4, 0.5) is 5.69 Å². The summed E-state index contributed by atoms with van der Waals surface area (Å²) < 4.78 is 5.21.